The predicted molar refractivity (Wildman–Crippen MR) is 164 cm³/mol. The van der Waals surface area contributed by atoms with Crippen LogP contribution in [0.3, 0.4) is 0 Å². The van der Waals surface area contributed by atoms with Crippen LogP contribution in [-0.4, -0.2) is 57.7 Å². The van der Waals surface area contributed by atoms with Crippen LogP contribution in [0.2, 0.25) is 0 Å². The molecule has 1 aliphatic heterocycles. The summed E-state index contributed by atoms with van der Waals surface area (Å²) in [5.74, 6) is 2.23. The van der Waals surface area contributed by atoms with Crippen LogP contribution in [0.15, 0.2) is 47.4 Å². The molecule has 12 nitrogen and oxygen atoms in total. The van der Waals surface area contributed by atoms with Gasteiger partial charge in [-0.05, 0) is 74.4 Å². The summed E-state index contributed by atoms with van der Waals surface area (Å²) in [5.41, 5.74) is 2.41. The summed E-state index contributed by atoms with van der Waals surface area (Å²) in [7, 11) is 1.29. The molecule has 0 bridgehead atoms. The number of hydrogen-bond acceptors (Lipinski definition) is 9. The topological polar surface area (TPSA) is 131 Å². The van der Waals surface area contributed by atoms with Crippen LogP contribution < -0.4 is 25.8 Å². The average Bonchev–Trinajstić information content (AvgIpc) is 3.60. The number of hydrogen-bond donors (Lipinski definition) is 2. The molecule has 4 aromatic rings. The summed E-state index contributed by atoms with van der Waals surface area (Å²) in [6.07, 6.45) is 6.00. The van der Waals surface area contributed by atoms with Crippen molar-refractivity contribution in [1.29, 1.82) is 0 Å². The maximum absolute atomic E-state index is 13.6. The largest absolute Gasteiger partial charge is 0.486 e. The number of fused-ring (bicyclic) bond motifs is 2. The van der Waals surface area contributed by atoms with Crippen LogP contribution in [0.1, 0.15) is 54.2 Å². The lowest BCUT2D eigenvalue weighted by Gasteiger charge is -2.25. The van der Waals surface area contributed by atoms with Crippen molar-refractivity contribution in [2.45, 2.75) is 63.3 Å². The number of imidazole rings is 1. The molecule has 0 radical (unpaired) electrons. The van der Waals surface area contributed by atoms with Gasteiger partial charge in [0, 0.05) is 34.8 Å². The summed E-state index contributed by atoms with van der Waals surface area (Å²) in [6.45, 7) is -1.33. The molecule has 2 atom stereocenters. The summed E-state index contributed by atoms with van der Waals surface area (Å²) >= 11 is 0. The van der Waals surface area contributed by atoms with Gasteiger partial charge in [-0.25, -0.2) is 19.6 Å². The third-order valence-corrected chi connectivity index (χ3v) is 8.55. The Hall–Kier alpha value is -4.58. The molecule has 2 fully saturated rings. The number of alkyl carbamates (subject to hydrolysis) is 1. The minimum atomic E-state index is -2.71. The molecule has 2 aliphatic carbocycles. The molecule has 4 heterocycles. The molecule has 1 amide bonds. The zero-order valence-electron chi connectivity index (χ0n) is 27.4. The maximum Gasteiger partial charge on any atom is 0.407 e. The molecule has 0 spiro atoms. The van der Waals surface area contributed by atoms with Crippen molar-refractivity contribution in [3.05, 3.63) is 58.6 Å². The molecule has 0 saturated heterocycles. The quantitative estimate of drug-likeness (QED) is 0.291. The van der Waals surface area contributed by atoms with Crippen molar-refractivity contribution in [3.63, 3.8) is 0 Å². The summed E-state index contributed by atoms with van der Waals surface area (Å²) in [6, 6.07) is 10.7. The SMILES string of the molecule is [2H]C([2H])([2H])n1c(=O)n([C@@H]2CC[C@@H](NC(=O)OC)C2)c2cc(Nc3cc(COC4CCC4)cc(-c4ccc5c(c4)OCCO5)n3)ncc21. The number of carbonyl (C=O) groups excluding carboxylic acids is 1. The van der Waals surface area contributed by atoms with Crippen molar-refractivity contribution in [2.75, 3.05) is 25.6 Å². The van der Waals surface area contributed by atoms with Gasteiger partial charge in [-0.3, -0.25) is 9.13 Å². The van der Waals surface area contributed by atoms with Gasteiger partial charge in [0.25, 0.3) is 0 Å². The fourth-order valence-electron chi connectivity index (χ4n) is 6.05. The minimum Gasteiger partial charge on any atom is -0.486 e. The molecule has 2 N–H and O–H groups in total. The van der Waals surface area contributed by atoms with Gasteiger partial charge in [-0.15, -0.1) is 0 Å². The van der Waals surface area contributed by atoms with Gasteiger partial charge < -0.3 is 29.6 Å². The Morgan fingerprint density at radius 1 is 1.07 bits per heavy atom. The van der Waals surface area contributed by atoms with E-state index in [0.717, 1.165) is 28.5 Å². The molecule has 7 rings (SSSR count). The van der Waals surface area contributed by atoms with Crippen molar-refractivity contribution < 1.29 is 27.9 Å². The highest BCUT2D eigenvalue weighted by Crippen LogP contribution is 2.36. The van der Waals surface area contributed by atoms with Crippen molar-refractivity contribution in [1.82, 2.24) is 24.4 Å². The molecular formula is C32H36N6O6. The standard InChI is InChI=1S/C32H36N6O6/c1-37-26-17-33-29(16-25(26)38(32(37)40)22-8-7-21(15-22)34-31(39)41-2)36-30-13-19(18-44-23-4-3-5-23)12-24(35-30)20-6-9-27-28(14-20)43-11-10-42-27/h6,9,12-14,16-17,21-23H,3-5,7-8,10-11,15,18H2,1-2H3,(H,34,39)(H,33,35,36)/t21-,22-/m1/s1/i1D3. The van der Waals surface area contributed by atoms with Crippen molar-refractivity contribution >= 4 is 28.8 Å². The van der Waals surface area contributed by atoms with Crippen LogP contribution in [0.5, 0.6) is 11.5 Å². The van der Waals surface area contributed by atoms with Gasteiger partial charge in [0.05, 0.1) is 42.7 Å². The molecular weight excluding hydrogens is 564 g/mol. The Morgan fingerprint density at radius 2 is 1.93 bits per heavy atom. The zero-order chi connectivity index (χ0) is 32.7. The van der Waals surface area contributed by atoms with Crippen LogP contribution in [0.4, 0.5) is 16.4 Å². The Labute approximate surface area is 258 Å². The highest BCUT2D eigenvalue weighted by atomic mass is 16.6. The van der Waals surface area contributed by atoms with Gasteiger partial charge in [0.15, 0.2) is 11.5 Å². The highest BCUT2D eigenvalue weighted by Gasteiger charge is 2.30. The lowest BCUT2D eigenvalue weighted by molar-refractivity contribution is -0.00865. The lowest BCUT2D eigenvalue weighted by atomic mass is 9.96. The third-order valence-electron chi connectivity index (χ3n) is 8.55. The molecule has 44 heavy (non-hydrogen) atoms. The van der Waals surface area contributed by atoms with E-state index >= 15 is 0 Å². The van der Waals surface area contributed by atoms with Crippen LogP contribution in [0, 0.1) is 0 Å². The number of rotatable bonds is 8. The van der Waals surface area contributed by atoms with E-state index in [1.54, 1.807) is 6.07 Å². The van der Waals surface area contributed by atoms with Gasteiger partial charge >= 0.3 is 11.8 Å². The Morgan fingerprint density at radius 3 is 2.73 bits per heavy atom. The van der Waals surface area contributed by atoms with E-state index in [2.05, 4.69) is 15.6 Å². The van der Waals surface area contributed by atoms with Gasteiger partial charge in [0.2, 0.25) is 0 Å². The van der Waals surface area contributed by atoms with Crippen LogP contribution in [0.25, 0.3) is 22.3 Å². The number of aromatic nitrogens is 4. The number of nitrogens with one attached hydrogen (secondary N) is 2. The monoisotopic (exact) mass is 603 g/mol. The first-order chi connectivity index (χ1) is 22.7. The summed E-state index contributed by atoms with van der Waals surface area (Å²) in [5, 5.41) is 6.07. The number of carbonyl (C=O) groups is 1. The maximum atomic E-state index is 13.6. The second-order valence-electron chi connectivity index (χ2n) is 11.4. The number of nitrogens with zero attached hydrogens (tertiary/aromatic N) is 4. The fourth-order valence-corrected chi connectivity index (χ4v) is 6.05. The van der Waals surface area contributed by atoms with Crippen molar-refractivity contribution in [2.24, 2.45) is 6.98 Å². The molecule has 12 heteroatoms. The molecule has 2 saturated carbocycles. The molecule has 0 unspecified atom stereocenters. The van der Waals surface area contributed by atoms with E-state index in [-0.39, 0.29) is 23.7 Å². The Balaban J connectivity index is 1.24. The molecule has 3 aliphatic rings. The number of pyridine rings is 2. The smallest absolute Gasteiger partial charge is 0.407 e. The number of aryl methyl sites for hydroxylation is 1. The van der Waals surface area contributed by atoms with E-state index in [1.807, 2.05) is 30.3 Å². The number of amides is 1. The number of methoxy groups -OCH3 is 1. The average molecular weight is 604 g/mol. The van der Waals surface area contributed by atoms with Crippen LogP contribution >= 0.6 is 0 Å². The fraction of sp³-hybridized carbons (Fsp3) is 0.438. The van der Waals surface area contributed by atoms with E-state index < -0.39 is 18.8 Å². The number of ether oxygens (including phenoxy) is 4. The van der Waals surface area contributed by atoms with Crippen LogP contribution in [-0.2, 0) is 23.1 Å². The summed E-state index contributed by atoms with van der Waals surface area (Å²) < 4.78 is 48.9. The first-order valence-electron chi connectivity index (χ1n) is 16.4. The second kappa shape index (κ2) is 11.8. The van der Waals surface area contributed by atoms with E-state index in [0.29, 0.717) is 73.4 Å². The predicted octanol–water partition coefficient (Wildman–Crippen LogP) is 4.83. The van der Waals surface area contributed by atoms with Crippen molar-refractivity contribution in [3.8, 4) is 22.8 Å². The Bertz CT molecular complexity index is 1870. The highest BCUT2D eigenvalue weighted by molar-refractivity contribution is 5.79. The first kappa shape index (κ1) is 24.8. The molecule has 1 aromatic carbocycles. The second-order valence-corrected chi connectivity index (χ2v) is 11.4. The number of benzene rings is 1. The van der Waals surface area contributed by atoms with E-state index in [4.69, 9.17) is 28.0 Å². The molecule has 3 aromatic heterocycles. The normalized spacial score (nSPS) is 20.8. The minimum absolute atomic E-state index is 0.192. The Kier molecular flexibility index (Phi) is 6.68. The number of anilines is 2. The van der Waals surface area contributed by atoms with E-state index in [9.17, 15) is 9.59 Å². The molecule has 230 valence electrons. The summed E-state index contributed by atoms with van der Waals surface area (Å²) in [4.78, 5) is 34.8. The lowest BCUT2D eigenvalue weighted by Crippen LogP contribution is -2.33. The van der Waals surface area contributed by atoms with Gasteiger partial charge in [0.1, 0.15) is 24.8 Å². The zero-order valence-corrected chi connectivity index (χ0v) is 24.4. The van der Waals surface area contributed by atoms with Gasteiger partial charge in [-0.1, -0.05) is 0 Å². The van der Waals surface area contributed by atoms with E-state index in [1.165, 1.54) is 24.3 Å². The van der Waals surface area contributed by atoms with Gasteiger partial charge in [-0.2, -0.15) is 0 Å². The first-order valence-corrected chi connectivity index (χ1v) is 14.9. The third kappa shape index (κ3) is 5.57.